The summed E-state index contributed by atoms with van der Waals surface area (Å²) in [5, 5.41) is 9.74. The maximum absolute atomic E-state index is 13.3. The Labute approximate surface area is 192 Å². The van der Waals surface area contributed by atoms with E-state index in [9.17, 15) is 14.9 Å². The van der Waals surface area contributed by atoms with Crippen molar-refractivity contribution in [2.45, 2.75) is 59.3 Å². The number of amides is 1. The molecule has 1 aromatic rings. The number of hydrogen-bond donors (Lipinski definition) is 0. The Morgan fingerprint density at radius 2 is 1.94 bits per heavy atom. The lowest BCUT2D eigenvalue weighted by Gasteiger charge is -2.39. The fraction of sp³-hybridized carbons (Fsp3) is 0.545. The number of thiocarbonyl (C=S) groups is 1. The lowest BCUT2D eigenvalue weighted by Crippen LogP contribution is -2.48. The van der Waals surface area contributed by atoms with Crippen molar-refractivity contribution in [3.8, 4) is 6.07 Å². The van der Waals surface area contributed by atoms with Gasteiger partial charge in [-0.2, -0.15) is 5.26 Å². The maximum atomic E-state index is 13.3. The van der Waals surface area contributed by atoms with Crippen LogP contribution in [-0.4, -0.2) is 52.0 Å². The summed E-state index contributed by atoms with van der Waals surface area (Å²) < 4.78 is 8.10. The third-order valence-electron chi connectivity index (χ3n) is 5.56. The first-order valence-corrected chi connectivity index (χ1v) is 11.7. The van der Waals surface area contributed by atoms with Gasteiger partial charge in [-0.3, -0.25) is 19.1 Å². The van der Waals surface area contributed by atoms with E-state index in [1.165, 1.54) is 16.7 Å². The van der Waals surface area contributed by atoms with Gasteiger partial charge in [-0.25, -0.2) is 0 Å². The van der Waals surface area contributed by atoms with Crippen LogP contribution in [-0.2, 0) is 16.1 Å². The van der Waals surface area contributed by atoms with Gasteiger partial charge in [0.1, 0.15) is 21.8 Å². The summed E-state index contributed by atoms with van der Waals surface area (Å²) in [5.74, 6) is 0.576. The van der Waals surface area contributed by atoms with Crippen LogP contribution in [0.1, 0.15) is 50.3 Å². The number of carbonyl (C=O) groups excluding carboxylic acids is 1. The Bertz CT molecular complexity index is 1030. The molecular formula is C22H28N4O3S2. The maximum Gasteiger partial charge on any atom is 0.270 e. The van der Waals surface area contributed by atoms with Crippen LogP contribution in [0.4, 0.5) is 5.82 Å². The van der Waals surface area contributed by atoms with E-state index in [0.29, 0.717) is 34.4 Å². The molecule has 0 spiro atoms. The number of morpholine rings is 1. The van der Waals surface area contributed by atoms with Crippen LogP contribution in [0.15, 0.2) is 9.70 Å². The van der Waals surface area contributed by atoms with Crippen molar-refractivity contribution >= 4 is 46.1 Å². The number of ether oxygens (including phenoxy) is 1. The van der Waals surface area contributed by atoms with E-state index in [1.807, 2.05) is 13.8 Å². The van der Waals surface area contributed by atoms with Crippen LogP contribution in [0, 0.1) is 18.3 Å². The second kappa shape index (κ2) is 9.55. The molecule has 2 fully saturated rings. The predicted octanol–water partition coefficient (Wildman–Crippen LogP) is 3.27. The first kappa shape index (κ1) is 23.5. The van der Waals surface area contributed by atoms with Gasteiger partial charge in [0.15, 0.2) is 0 Å². The Hall–Kier alpha value is -2.15. The average molecular weight is 461 g/mol. The zero-order chi connectivity index (χ0) is 22.9. The Balaban J connectivity index is 2.29. The van der Waals surface area contributed by atoms with Crippen molar-refractivity contribution in [3.05, 3.63) is 31.9 Å². The van der Waals surface area contributed by atoms with E-state index in [1.54, 1.807) is 24.6 Å². The lowest BCUT2D eigenvalue weighted by molar-refractivity contribution is -0.121. The number of hydrogen-bond acceptors (Lipinski definition) is 7. The van der Waals surface area contributed by atoms with Crippen molar-refractivity contribution in [1.29, 1.82) is 5.26 Å². The fourth-order valence-corrected chi connectivity index (χ4v) is 5.20. The highest BCUT2D eigenvalue weighted by molar-refractivity contribution is 8.26. The number of unbranched alkanes of at least 4 members (excludes halogenated alkanes) is 1. The second-order valence-corrected chi connectivity index (χ2v) is 9.74. The smallest absolute Gasteiger partial charge is 0.270 e. The number of nitrogens with zero attached hydrogens (tertiary/aromatic N) is 4. The van der Waals surface area contributed by atoms with Crippen LogP contribution < -0.4 is 10.5 Å². The normalized spacial score (nSPS) is 23.0. The zero-order valence-corrected chi connectivity index (χ0v) is 20.2. The van der Waals surface area contributed by atoms with Gasteiger partial charge >= 0.3 is 0 Å². The summed E-state index contributed by atoms with van der Waals surface area (Å²) in [6.45, 7) is 9.62. The number of thioether (sulfide) groups is 1. The minimum absolute atomic E-state index is 0.00358. The van der Waals surface area contributed by atoms with Gasteiger partial charge < -0.3 is 9.64 Å². The Kier molecular flexibility index (Phi) is 7.24. The number of anilines is 1. The molecule has 7 nitrogen and oxygen atoms in total. The van der Waals surface area contributed by atoms with Crippen molar-refractivity contribution in [3.63, 3.8) is 0 Å². The summed E-state index contributed by atoms with van der Waals surface area (Å²) in [6, 6.07) is 2.09. The number of pyridine rings is 1. The molecule has 166 valence electrons. The number of carbonyl (C=O) groups is 1. The van der Waals surface area contributed by atoms with Gasteiger partial charge in [-0.05, 0) is 38.8 Å². The average Bonchev–Trinajstić information content (AvgIpc) is 2.95. The monoisotopic (exact) mass is 460 g/mol. The molecule has 2 unspecified atom stereocenters. The van der Waals surface area contributed by atoms with Crippen LogP contribution in [0.5, 0.6) is 0 Å². The third-order valence-corrected chi connectivity index (χ3v) is 7.05. The molecule has 1 aromatic heterocycles. The van der Waals surface area contributed by atoms with Gasteiger partial charge in [-0.15, -0.1) is 0 Å². The van der Waals surface area contributed by atoms with E-state index in [-0.39, 0.29) is 29.2 Å². The highest BCUT2D eigenvalue weighted by Crippen LogP contribution is 2.35. The third kappa shape index (κ3) is 4.56. The molecule has 2 atom stereocenters. The zero-order valence-electron chi connectivity index (χ0n) is 18.6. The topological polar surface area (TPSA) is 78.6 Å². The van der Waals surface area contributed by atoms with Gasteiger partial charge in [0.25, 0.3) is 11.5 Å². The molecule has 3 rings (SSSR count). The molecule has 0 radical (unpaired) electrons. The van der Waals surface area contributed by atoms with Crippen molar-refractivity contribution in [2.75, 3.05) is 25.0 Å². The van der Waals surface area contributed by atoms with Crippen molar-refractivity contribution in [2.24, 2.45) is 0 Å². The molecule has 0 aromatic carbocycles. The van der Waals surface area contributed by atoms with E-state index in [4.69, 9.17) is 17.0 Å². The van der Waals surface area contributed by atoms with Crippen LogP contribution >= 0.6 is 24.0 Å². The molecule has 1 amide bonds. The highest BCUT2D eigenvalue weighted by atomic mass is 32.2. The molecule has 3 heterocycles. The molecule has 2 aliphatic heterocycles. The summed E-state index contributed by atoms with van der Waals surface area (Å²) in [4.78, 5) is 30.0. The quantitative estimate of drug-likeness (QED) is 0.493. The molecule has 0 aliphatic carbocycles. The molecule has 9 heteroatoms. The summed E-state index contributed by atoms with van der Waals surface area (Å²) >= 11 is 6.52. The number of rotatable bonds is 5. The van der Waals surface area contributed by atoms with Gasteiger partial charge in [0.05, 0.1) is 17.1 Å². The van der Waals surface area contributed by atoms with Crippen LogP contribution in [0.2, 0.25) is 0 Å². The van der Waals surface area contributed by atoms with Crippen LogP contribution in [0.25, 0.3) is 6.08 Å². The number of aromatic nitrogens is 1. The summed E-state index contributed by atoms with van der Waals surface area (Å²) in [6.07, 6.45) is 3.52. The van der Waals surface area contributed by atoms with Crippen molar-refractivity contribution < 1.29 is 9.53 Å². The fourth-order valence-electron chi connectivity index (χ4n) is 4.04. The standard InChI is InChI=1S/C22H28N4O3S2/c1-6-7-8-26-19(25-11-13(2)29-14(3)12-25)16(15(4)17(10-23)20(26)27)9-18-21(28)24(5)22(30)31-18/h9,13-14H,6-8,11-12H2,1-5H3/b18-9-. The lowest BCUT2D eigenvalue weighted by atomic mass is 10.0. The molecule has 31 heavy (non-hydrogen) atoms. The Morgan fingerprint density at radius 1 is 1.29 bits per heavy atom. The second-order valence-electron chi connectivity index (χ2n) is 8.06. The molecule has 0 bridgehead atoms. The Morgan fingerprint density at radius 3 is 2.45 bits per heavy atom. The number of nitriles is 1. The van der Waals surface area contributed by atoms with Gasteiger partial charge in [-0.1, -0.05) is 37.3 Å². The molecular weight excluding hydrogens is 432 g/mol. The highest BCUT2D eigenvalue weighted by Gasteiger charge is 2.32. The van der Waals surface area contributed by atoms with Crippen LogP contribution in [0.3, 0.4) is 0 Å². The van der Waals surface area contributed by atoms with E-state index >= 15 is 0 Å². The molecule has 0 N–H and O–H groups in total. The van der Waals surface area contributed by atoms with E-state index in [2.05, 4.69) is 17.9 Å². The molecule has 2 aliphatic rings. The van der Waals surface area contributed by atoms with Gasteiger partial charge in [0.2, 0.25) is 0 Å². The first-order chi connectivity index (χ1) is 14.7. The minimum Gasteiger partial charge on any atom is -0.372 e. The van der Waals surface area contributed by atoms with Gasteiger partial charge in [0, 0.05) is 32.2 Å². The summed E-state index contributed by atoms with van der Waals surface area (Å²) in [5.41, 5.74) is 1.15. The largest absolute Gasteiger partial charge is 0.372 e. The molecule has 0 saturated carbocycles. The summed E-state index contributed by atoms with van der Waals surface area (Å²) in [7, 11) is 1.65. The number of likely N-dealkylation sites (N-methyl/N-ethyl adjacent to an activating group) is 1. The van der Waals surface area contributed by atoms with E-state index < -0.39 is 0 Å². The SMILES string of the molecule is CCCCn1c(N2CC(C)OC(C)C2)c(/C=C2\SC(=S)N(C)C2=O)c(C)c(C#N)c1=O. The first-order valence-electron chi connectivity index (χ1n) is 10.5. The van der Waals surface area contributed by atoms with E-state index in [0.717, 1.165) is 24.2 Å². The van der Waals surface area contributed by atoms with Crippen molar-refractivity contribution in [1.82, 2.24) is 9.47 Å². The molecule has 2 saturated heterocycles. The predicted molar refractivity (Wildman–Crippen MR) is 128 cm³/mol. The minimum atomic E-state index is -0.282.